The van der Waals surface area contributed by atoms with Crippen LogP contribution in [0.15, 0.2) is 5.76 Å². The zero-order valence-corrected chi connectivity index (χ0v) is 17.6. The monoisotopic (exact) mass is 405 g/mol. The number of fused-ring (bicyclic) bond motifs is 1. The number of nitrogens with one attached hydrogen (secondary N) is 1. The fourth-order valence-electron chi connectivity index (χ4n) is 3.79. The second kappa shape index (κ2) is 9.41. The van der Waals surface area contributed by atoms with E-state index >= 15 is 0 Å². The van der Waals surface area contributed by atoms with Crippen molar-refractivity contribution < 1.29 is 19.0 Å². The Kier molecular flexibility index (Phi) is 6.92. The second-order valence-corrected chi connectivity index (χ2v) is 7.47. The molecule has 2 heterocycles. The van der Waals surface area contributed by atoms with Crippen molar-refractivity contribution in [3.8, 4) is 0 Å². The molecule has 160 valence electrons. The minimum atomic E-state index is -0.295. The Bertz CT molecular complexity index is 763. The molecule has 0 spiro atoms. The van der Waals surface area contributed by atoms with Gasteiger partial charge in [-0.1, -0.05) is 6.92 Å². The Morgan fingerprint density at radius 3 is 2.86 bits per heavy atom. The molecule has 1 aliphatic carbocycles. The highest BCUT2D eigenvalue weighted by Gasteiger charge is 2.33. The van der Waals surface area contributed by atoms with Crippen LogP contribution in [0.4, 0.5) is 11.8 Å². The lowest BCUT2D eigenvalue weighted by molar-refractivity contribution is -0.130. The summed E-state index contributed by atoms with van der Waals surface area (Å²) in [6, 6.07) is 0. The summed E-state index contributed by atoms with van der Waals surface area (Å²) in [5, 5.41) is 2.93. The SMILES string of the molecule is COC1=Cc2c(N)nc(N(C)CCCNC(=O)C3CCCO3)nc2C(C)C1OC. The molecule has 29 heavy (non-hydrogen) atoms. The summed E-state index contributed by atoms with van der Waals surface area (Å²) in [4.78, 5) is 23.1. The first-order valence-electron chi connectivity index (χ1n) is 10.0. The van der Waals surface area contributed by atoms with Gasteiger partial charge < -0.3 is 30.2 Å². The van der Waals surface area contributed by atoms with E-state index < -0.39 is 0 Å². The summed E-state index contributed by atoms with van der Waals surface area (Å²) in [6.07, 6.45) is 3.85. The van der Waals surface area contributed by atoms with Crippen LogP contribution >= 0.6 is 0 Å². The van der Waals surface area contributed by atoms with Gasteiger partial charge in [0.1, 0.15) is 23.8 Å². The first-order chi connectivity index (χ1) is 14.0. The van der Waals surface area contributed by atoms with Gasteiger partial charge in [-0.3, -0.25) is 4.79 Å². The molecule has 1 aromatic rings. The molecule has 0 radical (unpaired) electrons. The quantitative estimate of drug-likeness (QED) is 0.623. The lowest BCUT2D eigenvalue weighted by Gasteiger charge is -2.30. The number of amides is 1. The van der Waals surface area contributed by atoms with E-state index in [1.54, 1.807) is 14.2 Å². The number of carbonyl (C=O) groups is 1. The largest absolute Gasteiger partial charge is 0.498 e. The Hall–Kier alpha value is -2.39. The Morgan fingerprint density at radius 2 is 2.21 bits per heavy atom. The average Bonchev–Trinajstić information content (AvgIpc) is 3.26. The lowest BCUT2D eigenvalue weighted by Crippen LogP contribution is -2.36. The van der Waals surface area contributed by atoms with Crippen molar-refractivity contribution in [1.29, 1.82) is 0 Å². The topological polar surface area (TPSA) is 112 Å². The number of nitrogens with two attached hydrogens (primary N) is 1. The van der Waals surface area contributed by atoms with Crippen molar-refractivity contribution in [2.45, 2.75) is 44.3 Å². The molecule has 1 aliphatic heterocycles. The Morgan fingerprint density at radius 1 is 1.41 bits per heavy atom. The fraction of sp³-hybridized carbons (Fsp3) is 0.650. The van der Waals surface area contributed by atoms with E-state index in [1.165, 1.54) is 0 Å². The standard InChI is InChI=1S/C20H31N5O4/c1-12-16-13(11-15(27-3)17(12)28-4)18(21)24-20(23-16)25(2)9-6-8-22-19(26)14-7-5-10-29-14/h11-12,14,17H,5-10H2,1-4H3,(H,22,26)(H2,21,23,24). The molecule has 1 fully saturated rings. The van der Waals surface area contributed by atoms with Crippen LogP contribution in [0.25, 0.3) is 6.08 Å². The summed E-state index contributed by atoms with van der Waals surface area (Å²) >= 11 is 0. The van der Waals surface area contributed by atoms with Gasteiger partial charge >= 0.3 is 0 Å². The number of methoxy groups -OCH3 is 2. The van der Waals surface area contributed by atoms with Crippen molar-refractivity contribution in [3.05, 3.63) is 17.0 Å². The summed E-state index contributed by atoms with van der Waals surface area (Å²) in [5.74, 6) is 1.64. The van der Waals surface area contributed by atoms with Gasteiger partial charge in [0, 0.05) is 45.3 Å². The van der Waals surface area contributed by atoms with Crippen LogP contribution < -0.4 is 16.0 Å². The van der Waals surface area contributed by atoms with Crippen molar-refractivity contribution in [1.82, 2.24) is 15.3 Å². The fourth-order valence-corrected chi connectivity index (χ4v) is 3.79. The Labute approximate surface area is 171 Å². The van der Waals surface area contributed by atoms with E-state index in [9.17, 15) is 4.79 Å². The molecular weight excluding hydrogens is 374 g/mol. The molecule has 3 atom stereocenters. The summed E-state index contributed by atoms with van der Waals surface area (Å²) in [7, 11) is 5.19. The van der Waals surface area contributed by atoms with E-state index in [2.05, 4.69) is 10.3 Å². The van der Waals surface area contributed by atoms with Gasteiger partial charge in [0.05, 0.1) is 12.8 Å². The molecule has 2 aliphatic rings. The maximum absolute atomic E-state index is 12.0. The van der Waals surface area contributed by atoms with Crippen molar-refractivity contribution >= 4 is 23.7 Å². The number of ether oxygens (including phenoxy) is 3. The third kappa shape index (κ3) is 4.62. The van der Waals surface area contributed by atoms with Crippen molar-refractivity contribution in [2.75, 3.05) is 51.6 Å². The maximum Gasteiger partial charge on any atom is 0.249 e. The molecule has 0 bridgehead atoms. The lowest BCUT2D eigenvalue weighted by atomic mass is 9.89. The van der Waals surface area contributed by atoms with Gasteiger partial charge in [-0.2, -0.15) is 4.98 Å². The van der Waals surface area contributed by atoms with E-state index in [0.29, 0.717) is 37.2 Å². The van der Waals surface area contributed by atoms with Gasteiger partial charge in [-0.25, -0.2) is 4.98 Å². The molecule has 3 rings (SSSR count). The number of anilines is 2. The minimum Gasteiger partial charge on any atom is -0.498 e. The van der Waals surface area contributed by atoms with Crippen LogP contribution in [0.1, 0.15) is 43.4 Å². The predicted octanol–water partition coefficient (Wildman–Crippen LogP) is 1.30. The number of rotatable bonds is 8. The smallest absolute Gasteiger partial charge is 0.249 e. The molecule has 1 saturated heterocycles. The predicted molar refractivity (Wildman–Crippen MR) is 111 cm³/mol. The third-order valence-corrected chi connectivity index (χ3v) is 5.47. The van der Waals surface area contributed by atoms with Crippen LogP contribution in [0.5, 0.6) is 0 Å². The minimum absolute atomic E-state index is 0.0156. The Balaban J connectivity index is 1.62. The van der Waals surface area contributed by atoms with Gasteiger partial charge in [-0.05, 0) is 25.3 Å². The van der Waals surface area contributed by atoms with Gasteiger partial charge in [-0.15, -0.1) is 0 Å². The molecule has 3 N–H and O–H groups in total. The van der Waals surface area contributed by atoms with Crippen LogP contribution in [0, 0.1) is 0 Å². The number of carbonyl (C=O) groups excluding carboxylic acids is 1. The number of hydrogen-bond donors (Lipinski definition) is 2. The molecule has 9 heteroatoms. The molecule has 9 nitrogen and oxygen atoms in total. The number of hydrogen-bond acceptors (Lipinski definition) is 8. The zero-order valence-electron chi connectivity index (χ0n) is 17.6. The second-order valence-electron chi connectivity index (χ2n) is 7.47. The molecule has 1 aromatic heterocycles. The zero-order chi connectivity index (χ0) is 21.0. The van der Waals surface area contributed by atoms with E-state index in [1.807, 2.05) is 24.9 Å². The van der Waals surface area contributed by atoms with Crippen LogP contribution in [0.3, 0.4) is 0 Å². The van der Waals surface area contributed by atoms with Crippen molar-refractivity contribution in [3.63, 3.8) is 0 Å². The summed E-state index contributed by atoms with van der Waals surface area (Å²) in [6.45, 7) is 3.97. The van der Waals surface area contributed by atoms with Crippen LogP contribution in [-0.4, -0.2) is 69.0 Å². The maximum atomic E-state index is 12.0. The highest BCUT2D eigenvalue weighted by molar-refractivity contribution is 5.80. The van der Waals surface area contributed by atoms with Gasteiger partial charge in [0.2, 0.25) is 11.9 Å². The van der Waals surface area contributed by atoms with Gasteiger partial charge in [0.25, 0.3) is 0 Å². The molecule has 1 amide bonds. The number of nitrogens with zero attached hydrogens (tertiary/aromatic N) is 3. The highest BCUT2D eigenvalue weighted by atomic mass is 16.5. The van der Waals surface area contributed by atoms with E-state index in [0.717, 1.165) is 30.5 Å². The first-order valence-corrected chi connectivity index (χ1v) is 10.0. The molecular formula is C20H31N5O4. The molecule has 3 unspecified atom stereocenters. The van der Waals surface area contributed by atoms with Crippen LogP contribution in [-0.2, 0) is 19.0 Å². The normalized spacial score (nSPS) is 23.3. The highest BCUT2D eigenvalue weighted by Crippen LogP contribution is 2.37. The first kappa shape index (κ1) is 21.3. The average molecular weight is 405 g/mol. The summed E-state index contributed by atoms with van der Waals surface area (Å²) < 4.78 is 16.4. The van der Waals surface area contributed by atoms with Gasteiger partial charge in [0.15, 0.2) is 0 Å². The van der Waals surface area contributed by atoms with Crippen LogP contribution in [0.2, 0.25) is 0 Å². The third-order valence-electron chi connectivity index (χ3n) is 5.47. The number of nitrogen functional groups attached to an aromatic ring is 1. The molecule has 0 aromatic carbocycles. The van der Waals surface area contributed by atoms with E-state index in [4.69, 9.17) is 24.9 Å². The molecule has 0 saturated carbocycles. The van der Waals surface area contributed by atoms with Crippen molar-refractivity contribution in [2.24, 2.45) is 0 Å². The number of aromatic nitrogens is 2. The van der Waals surface area contributed by atoms with E-state index in [-0.39, 0.29) is 24.0 Å². The summed E-state index contributed by atoms with van der Waals surface area (Å²) in [5.41, 5.74) is 7.85.